The molecular formula is C11H18FNO2. The first kappa shape index (κ1) is 13.7. The van der Waals surface area contributed by atoms with Crippen molar-refractivity contribution in [1.29, 1.82) is 0 Å². The fourth-order valence-corrected chi connectivity index (χ4v) is 0.962. The molecule has 0 fully saturated rings. The summed E-state index contributed by atoms with van der Waals surface area (Å²) in [7, 11) is 0. The molecule has 0 amide bonds. The second-order valence-corrected chi connectivity index (χ2v) is 2.82. The lowest BCUT2D eigenvalue weighted by atomic mass is 10.4. The Kier molecular flexibility index (Phi) is 7.32. The van der Waals surface area contributed by atoms with Crippen molar-refractivity contribution < 1.29 is 13.9 Å². The van der Waals surface area contributed by atoms with Gasteiger partial charge in [-0.05, 0) is 26.8 Å². The summed E-state index contributed by atoms with van der Waals surface area (Å²) in [5, 5.41) is 0. The Hall–Kier alpha value is -1.32. The largest absolute Gasteiger partial charge is 0.463 e. The molecule has 0 rings (SSSR count). The molecule has 0 radical (unpaired) electrons. The molecule has 0 saturated heterocycles. The third-order valence-electron chi connectivity index (χ3n) is 1.78. The summed E-state index contributed by atoms with van der Waals surface area (Å²) < 4.78 is 17.8. The molecule has 15 heavy (non-hydrogen) atoms. The number of rotatable bonds is 6. The van der Waals surface area contributed by atoms with Gasteiger partial charge in [-0.25, -0.2) is 9.18 Å². The van der Waals surface area contributed by atoms with E-state index in [0.29, 0.717) is 6.61 Å². The topological polar surface area (TPSA) is 29.5 Å². The number of ether oxygens (including phenoxy) is 1. The Morgan fingerprint density at radius 3 is 2.33 bits per heavy atom. The normalized spacial score (nSPS) is 11.9. The maximum atomic E-state index is 13.2. The van der Waals surface area contributed by atoms with Gasteiger partial charge < -0.3 is 9.64 Å². The molecule has 0 heterocycles. The number of esters is 1. The van der Waals surface area contributed by atoms with E-state index in [1.807, 2.05) is 13.8 Å². The summed E-state index contributed by atoms with van der Waals surface area (Å²) in [4.78, 5) is 12.7. The molecule has 0 aliphatic heterocycles. The SMILES string of the molecule is CCOC(=O)C=CC(F)=CN(CC)CC. The van der Waals surface area contributed by atoms with Crippen LogP contribution in [0.15, 0.2) is 24.2 Å². The predicted molar refractivity (Wildman–Crippen MR) is 57.9 cm³/mol. The summed E-state index contributed by atoms with van der Waals surface area (Å²) in [6.07, 6.45) is 3.56. The van der Waals surface area contributed by atoms with Gasteiger partial charge in [-0.2, -0.15) is 0 Å². The van der Waals surface area contributed by atoms with Gasteiger partial charge in [0, 0.05) is 25.4 Å². The van der Waals surface area contributed by atoms with Crippen LogP contribution in [0.3, 0.4) is 0 Å². The number of halogens is 1. The molecule has 4 heteroatoms. The number of allylic oxidation sites excluding steroid dienone is 2. The van der Waals surface area contributed by atoms with Crippen LogP contribution >= 0.6 is 0 Å². The summed E-state index contributed by atoms with van der Waals surface area (Å²) in [5.74, 6) is -0.979. The van der Waals surface area contributed by atoms with Crippen molar-refractivity contribution >= 4 is 5.97 Å². The van der Waals surface area contributed by atoms with Gasteiger partial charge in [-0.1, -0.05) is 0 Å². The molecule has 86 valence electrons. The molecule has 0 N–H and O–H groups in total. The fourth-order valence-electron chi connectivity index (χ4n) is 0.962. The van der Waals surface area contributed by atoms with Crippen LogP contribution in [0.2, 0.25) is 0 Å². The highest BCUT2D eigenvalue weighted by Crippen LogP contribution is 2.02. The van der Waals surface area contributed by atoms with Crippen LogP contribution < -0.4 is 0 Å². The van der Waals surface area contributed by atoms with E-state index in [1.54, 1.807) is 11.8 Å². The lowest BCUT2D eigenvalue weighted by molar-refractivity contribution is -0.137. The van der Waals surface area contributed by atoms with E-state index in [1.165, 1.54) is 6.20 Å². The number of hydrogen-bond acceptors (Lipinski definition) is 3. The molecule has 0 aromatic carbocycles. The Bertz CT molecular complexity index is 245. The number of carbonyl (C=O) groups excluding carboxylic acids is 1. The molecule has 0 aliphatic rings. The molecule has 0 aromatic heterocycles. The monoisotopic (exact) mass is 215 g/mol. The van der Waals surface area contributed by atoms with Gasteiger partial charge in [-0.15, -0.1) is 0 Å². The molecule has 0 saturated carbocycles. The summed E-state index contributed by atoms with van der Waals surface area (Å²) in [6.45, 7) is 7.33. The summed E-state index contributed by atoms with van der Waals surface area (Å²) >= 11 is 0. The van der Waals surface area contributed by atoms with Crippen molar-refractivity contribution in [1.82, 2.24) is 4.90 Å². The molecule has 0 spiro atoms. The van der Waals surface area contributed by atoms with Gasteiger partial charge in [0.1, 0.15) is 5.83 Å². The van der Waals surface area contributed by atoms with E-state index >= 15 is 0 Å². The quantitative estimate of drug-likeness (QED) is 0.386. The van der Waals surface area contributed by atoms with Gasteiger partial charge in [0.15, 0.2) is 0 Å². The average Bonchev–Trinajstić information content (AvgIpc) is 2.23. The first-order chi connectivity index (χ1) is 7.13. The highest BCUT2D eigenvalue weighted by molar-refractivity contribution is 5.82. The van der Waals surface area contributed by atoms with Crippen molar-refractivity contribution in [2.24, 2.45) is 0 Å². The van der Waals surface area contributed by atoms with E-state index in [9.17, 15) is 9.18 Å². The van der Waals surface area contributed by atoms with Gasteiger partial charge in [-0.3, -0.25) is 0 Å². The van der Waals surface area contributed by atoms with Gasteiger partial charge >= 0.3 is 5.97 Å². The first-order valence-electron chi connectivity index (χ1n) is 5.10. The zero-order valence-corrected chi connectivity index (χ0v) is 9.50. The first-order valence-corrected chi connectivity index (χ1v) is 5.10. The van der Waals surface area contributed by atoms with Crippen LogP contribution in [-0.2, 0) is 9.53 Å². The third-order valence-corrected chi connectivity index (χ3v) is 1.78. The van der Waals surface area contributed by atoms with Crippen LogP contribution in [0.1, 0.15) is 20.8 Å². The minimum atomic E-state index is -0.527. The Balaban J connectivity index is 4.21. The second-order valence-electron chi connectivity index (χ2n) is 2.82. The van der Waals surface area contributed by atoms with E-state index in [-0.39, 0.29) is 0 Å². The molecule has 0 unspecified atom stereocenters. The molecule has 3 nitrogen and oxygen atoms in total. The molecular weight excluding hydrogens is 197 g/mol. The van der Waals surface area contributed by atoms with Gasteiger partial charge in [0.2, 0.25) is 0 Å². The molecule has 0 aliphatic carbocycles. The fraction of sp³-hybridized carbons (Fsp3) is 0.545. The highest BCUT2D eigenvalue weighted by Gasteiger charge is 1.97. The van der Waals surface area contributed by atoms with Crippen LogP contribution in [0.25, 0.3) is 0 Å². The summed E-state index contributed by atoms with van der Waals surface area (Å²) in [6, 6.07) is 0. The maximum absolute atomic E-state index is 13.2. The number of carbonyl (C=O) groups is 1. The Morgan fingerprint density at radius 1 is 1.27 bits per heavy atom. The second kappa shape index (κ2) is 8.03. The number of hydrogen-bond donors (Lipinski definition) is 0. The zero-order chi connectivity index (χ0) is 11.7. The van der Waals surface area contributed by atoms with Crippen LogP contribution in [-0.4, -0.2) is 30.6 Å². The molecule has 0 bridgehead atoms. The highest BCUT2D eigenvalue weighted by atomic mass is 19.1. The van der Waals surface area contributed by atoms with E-state index in [4.69, 9.17) is 0 Å². The van der Waals surface area contributed by atoms with Gasteiger partial charge in [0.05, 0.1) is 6.61 Å². The lowest BCUT2D eigenvalue weighted by Gasteiger charge is -2.14. The number of nitrogens with zero attached hydrogens (tertiary/aromatic N) is 1. The van der Waals surface area contributed by atoms with Gasteiger partial charge in [0.25, 0.3) is 0 Å². The van der Waals surface area contributed by atoms with Crippen LogP contribution in [0.5, 0.6) is 0 Å². The van der Waals surface area contributed by atoms with Crippen molar-refractivity contribution in [3.63, 3.8) is 0 Å². The Labute approximate surface area is 90.2 Å². The van der Waals surface area contributed by atoms with E-state index in [2.05, 4.69) is 4.74 Å². The Morgan fingerprint density at radius 2 is 1.87 bits per heavy atom. The van der Waals surface area contributed by atoms with Crippen molar-refractivity contribution in [2.45, 2.75) is 20.8 Å². The minimum absolute atomic E-state index is 0.296. The minimum Gasteiger partial charge on any atom is -0.463 e. The zero-order valence-electron chi connectivity index (χ0n) is 9.50. The third kappa shape index (κ3) is 6.71. The lowest BCUT2D eigenvalue weighted by Crippen LogP contribution is -2.15. The standard InChI is InChI=1S/C11H18FNO2/c1-4-13(5-2)9-10(12)7-8-11(14)15-6-3/h7-9H,4-6H2,1-3H3. The summed E-state index contributed by atoms with van der Waals surface area (Å²) in [5.41, 5.74) is 0. The molecule has 0 atom stereocenters. The van der Waals surface area contributed by atoms with Crippen LogP contribution in [0, 0.1) is 0 Å². The average molecular weight is 215 g/mol. The van der Waals surface area contributed by atoms with E-state index < -0.39 is 11.8 Å². The predicted octanol–water partition coefficient (Wildman–Crippen LogP) is 2.26. The molecule has 0 aromatic rings. The van der Waals surface area contributed by atoms with Crippen LogP contribution in [0.4, 0.5) is 4.39 Å². The van der Waals surface area contributed by atoms with Crippen molar-refractivity contribution in [3.05, 3.63) is 24.2 Å². The van der Waals surface area contributed by atoms with Crippen molar-refractivity contribution in [2.75, 3.05) is 19.7 Å². The smallest absolute Gasteiger partial charge is 0.330 e. The maximum Gasteiger partial charge on any atom is 0.330 e. The van der Waals surface area contributed by atoms with E-state index in [0.717, 1.165) is 25.2 Å². The van der Waals surface area contributed by atoms with Crippen molar-refractivity contribution in [3.8, 4) is 0 Å².